The van der Waals surface area contributed by atoms with Gasteiger partial charge in [0.05, 0.1) is 0 Å². The molecule has 3 fully saturated rings. The van der Waals surface area contributed by atoms with Crippen LogP contribution < -0.4 is 5.73 Å². The SMILES string of the molecule is NC1CCC(C(=O)N2CCN(CC3CCCCC3)CC2)C1. The molecule has 1 amide bonds. The van der Waals surface area contributed by atoms with E-state index < -0.39 is 0 Å². The molecule has 3 aliphatic rings. The van der Waals surface area contributed by atoms with Crippen molar-refractivity contribution in [2.75, 3.05) is 32.7 Å². The maximum absolute atomic E-state index is 12.5. The average molecular weight is 293 g/mol. The van der Waals surface area contributed by atoms with E-state index in [9.17, 15) is 4.79 Å². The molecule has 2 atom stereocenters. The lowest BCUT2D eigenvalue weighted by atomic mass is 9.89. The Labute approximate surface area is 129 Å². The first-order valence-electron chi connectivity index (χ1n) is 8.99. The minimum absolute atomic E-state index is 0.213. The van der Waals surface area contributed by atoms with E-state index in [0.29, 0.717) is 5.91 Å². The Morgan fingerprint density at radius 2 is 1.67 bits per heavy atom. The number of piperazine rings is 1. The summed E-state index contributed by atoms with van der Waals surface area (Å²) in [5.41, 5.74) is 5.94. The first kappa shape index (κ1) is 15.3. The zero-order chi connectivity index (χ0) is 14.7. The number of rotatable bonds is 3. The molecule has 4 heteroatoms. The molecule has 0 bridgehead atoms. The topological polar surface area (TPSA) is 49.6 Å². The van der Waals surface area contributed by atoms with Crippen LogP contribution in [-0.4, -0.2) is 54.5 Å². The minimum Gasteiger partial charge on any atom is -0.340 e. The van der Waals surface area contributed by atoms with Crippen molar-refractivity contribution in [3.05, 3.63) is 0 Å². The van der Waals surface area contributed by atoms with Crippen molar-refractivity contribution in [1.29, 1.82) is 0 Å². The Balaban J connectivity index is 1.41. The summed E-state index contributed by atoms with van der Waals surface area (Å²) in [7, 11) is 0. The van der Waals surface area contributed by atoms with Crippen molar-refractivity contribution in [2.45, 2.75) is 57.4 Å². The lowest BCUT2D eigenvalue weighted by Crippen LogP contribution is -2.51. The molecule has 1 aliphatic heterocycles. The molecular formula is C17H31N3O. The summed E-state index contributed by atoms with van der Waals surface area (Å²) >= 11 is 0. The molecule has 3 rings (SSSR count). The van der Waals surface area contributed by atoms with E-state index in [4.69, 9.17) is 5.73 Å². The van der Waals surface area contributed by atoms with E-state index >= 15 is 0 Å². The lowest BCUT2D eigenvalue weighted by molar-refractivity contribution is -0.137. The molecule has 1 saturated heterocycles. The molecule has 2 aliphatic carbocycles. The third-order valence-electron chi connectivity index (χ3n) is 5.75. The summed E-state index contributed by atoms with van der Waals surface area (Å²) in [4.78, 5) is 17.2. The van der Waals surface area contributed by atoms with Gasteiger partial charge in [-0.15, -0.1) is 0 Å². The molecule has 4 nitrogen and oxygen atoms in total. The highest BCUT2D eigenvalue weighted by Crippen LogP contribution is 2.27. The number of nitrogens with zero attached hydrogens (tertiary/aromatic N) is 2. The molecule has 1 heterocycles. The number of hydrogen-bond acceptors (Lipinski definition) is 3. The van der Waals surface area contributed by atoms with E-state index in [-0.39, 0.29) is 12.0 Å². The number of amides is 1. The van der Waals surface area contributed by atoms with Crippen molar-refractivity contribution in [3.63, 3.8) is 0 Å². The molecule has 2 N–H and O–H groups in total. The minimum atomic E-state index is 0.213. The number of hydrogen-bond donors (Lipinski definition) is 1. The van der Waals surface area contributed by atoms with Crippen LogP contribution in [0.4, 0.5) is 0 Å². The normalized spacial score (nSPS) is 32.5. The van der Waals surface area contributed by atoms with Crippen LogP contribution in [0, 0.1) is 11.8 Å². The van der Waals surface area contributed by atoms with E-state index in [2.05, 4.69) is 9.80 Å². The third-order valence-corrected chi connectivity index (χ3v) is 5.75. The van der Waals surface area contributed by atoms with E-state index in [1.165, 1.54) is 38.6 Å². The van der Waals surface area contributed by atoms with E-state index in [1.807, 2.05) is 0 Å². The smallest absolute Gasteiger partial charge is 0.225 e. The van der Waals surface area contributed by atoms with Gasteiger partial charge in [0.15, 0.2) is 0 Å². The molecule has 2 unspecified atom stereocenters. The van der Waals surface area contributed by atoms with Crippen LogP contribution in [0.3, 0.4) is 0 Å². The van der Waals surface area contributed by atoms with Crippen LogP contribution in [0.25, 0.3) is 0 Å². The Bertz CT molecular complexity index is 346. The fourth-order valence-electron chi connectivity index (χ4n) is 4.38. The summed E-state index contributed by atoms with van der Waals surface area (Å²) in [6, 6.07) is 0.256. The van der Waals surface area contributed by atoms with Crippen molar-refractivity contribution in [2.24, 2.45) is 17.6 Å². The maximum atomic E-state index is 12.5. The zero-order valence-electron chi connectivity index (χ0n) is 13.3. The van der Waals surface area contributed by atoms with Crippen LogP contribution in [0.1, 0.15) is 51.4 Å². The standard InChI is InChI=1S/C17H31N3O/c18-16-7-6-15(12-16)17(21)20-10-8-19(9-11-20)13-14-4-2-1-3-5-14/h14-16H,1-13,18H2. The molecule has 0 aromatic heterocycles. The van der Waals surface area contributed by atoms with E-state index in [1.54, 1.807) is 0 Å². The van der Waals surface area contributed by atoms with Gasteiger partial charge in [-0.3, -0.25) is 9.69 Å². The third kappa shape index (κ3) is 3.98. The Kier molecular flexibility index (Phi) is 5.17. The van der Waals surface area contributed by atoms with Gasteiger partial charge in [-0.1, -0.05) is 19.3 Å². The molecular weight excluding hydrogens is 262 g/mol. The molecule has 2 saturated carbocycles. The highest BCUT2D eigenvalue weighted by atomic mass is 16.2. The van der Waals surface area contributed by atoms with Gasteiger partial charge in [-0.25, -0.2) is 0 Å². The predicted molar refractivity (Wildman–Crippen MR) is 84.9 cm³/mol. The summed E-state index contributed by atoms with van der Waals surface area (Å²) in [5, 5.41) is 0. The average Bonchev–Trinajstić information content (AvgIpc) is 2.95. The lowest BCUT2D eigenvalue weighted by Gasteiger charge is -2.38. The summed E-state index contributed by atoms with van der Waals surface area (Å²) in [6.45, 7) is 5.26. The molecule has 0 aromatic rings. The van der Waals surface area contributed by atoms with Crippen LogP contribution >= 0.6 is 0 Å². The van der Waals surface area contributed by atoms with Gasteiger partial charge in [0, 0.05) is 44.7 Å². The second kappa shape index (κ2) is 7.10. The maximum Gasteiger partial charge on any atom is 0.225 e. The fraction of sp³-hybridized carbons (Fsp3) is 0.941. The van der Waals surface area contributed by atoms with Gasteiger partial charge < -0.3 is 10.6 Å². The fourth-order valence-corrected chi connectivity index (χ4v) is 4.38. The molecule has 0 radical (unpaired) electrons. The van der Waals surface area contributed by atoms with Crippen molar-refractivity contribution in [3.8, 4) is 0 Å². The second-order valence-corrected chi connectivity index (χ2v) is 7.40. The number of carbonyl (C=O) groups is 1. The molecule has 120 valence electrons. The predicted octanol–water partition coefficient (Wildman–Crippen LogP) is 1.84. The summed E-state index contributed by atoms with van der Waals surface area (Å²) < 4.78 is 0. The molecule has 0 aromatic carbocycles. The van der Waals surface area contributed by atoms with Crippen molar-refractivity contribution in [1.82, 2.24) is 9.80 Å². The first-order chi connectivity index (χ1) is 10.2. The zero-order valence-corrected chi connectivity index (χ0v) is 13.3. The summed E-state index contributed by atoms with van der Waals surface area (Å²) in [6.07, 6.45) is 10.0. The molecule has 21 heavy (non-hydrogen) atoms. The first-order valence-corrected chi connectivity index (χ1v) is 8.99. The Hall–Kier alpha value is -0.610. The van der Waals surface area contributed by atoms with Crippen LogP contribution in [0.2, 0.25) is 0 Å². The second-order valence-electron chi connectivity index (χ2n) is 7.40. The number of carbonyl (C=O) groups excluding carboxylic acids is 1. The highest BCUT2D eigenvalue weighted by Gasteiger charge is 2.32. The largest absolute Gasteiger partial charge is 0.340 e. The summed E-state index contributed by atoms with van der Waals surface area (Å²) in [5.74, 6) is 1.50. The Morgan fingerprint density at radius 3 is 2.29 bits per heavy atom. The van der Waals surface area contributed by atoms with Crippen molar-refractivity contribution >= 4 is 5.91 Å². The number of nitrogens with two attached hydrogens (primary N) is 1. The highest BCUT2D eigenvalue weighted by molar-refractivity contribution is 5.79. The van der Waals surface area contributed by atoms with E-state index in [0.717, 1.165) is 51.4 Å². The van der Waals surface area contributed by atoms with Gasteiger partial charge in [-0.05, 0) is 38.0 Å². The van der Waals surface area contributed by atoms with Gasteiger partial charge in [0.1, 0.15) is 0 Å². The Morgan fingerprint density at radius 1 is 0.952 bits per heavy atom. The van der Waals surface area contributed by atoms with Gasteiger partial charge in [-0.2, -0.15) is 0 Å². The van der Waals surface area contributed by atoms with Gasteiger partial charge in [0.2, 0.25) is 5.91 Å². The monoisotopic (exact) mass is 293 g/mol. The molecule has 0 spiro atoms. The quantitative estimate of drug-likeness (QED) is 0.864. The van der Waals surface area contributed by atoms with Gasteiger partial charge >= 0.3 is 0 Å². The van der Waals surface area contributed by atoms with Crippen LogP contribution in [-0.2, 0) is 4.79 Å². The van der Waals surface area contributed by atoms with Crippen LogP contribution in [0.15, 0.2) is 0 Å². The van der Waals surface area contributed by atoms with Crippen molar-refractivity contribution < 1.29 is 4.79 Å². The van der Waals surface area contributed by atoms with Gasteiger partial charge in [0.25, 0.3) is 0 Å². The van der Waals surface area contributed by atoms with Crippen LogP contribution in [0.5, 0.6) is 0 Å².